The zero-order valence-corrected chi connectivity index (χ0v) is 14.4. The number of nitrogens with one attached hydrogen (secondary N) is 1. The lowest BCUT2D eigenvalue weighted by Crippen LogP contribution is -2.40. The van der Waals surface area contributed by atoms with E-state index in [1.165, 1.54) is 19.3 Å². The normalized spacial score (nSPS) is 16.9. The van der Waals surface area contributed by atoms with Gasteiger partial charge in [-0.05, 0) is 43.4 Å². The predicted molar refractivity (Wildman–Crippen MR) is 99.2 cm³/mol. The topological polar surface area (TPSA) is 45.5 Å². The van der Waals surface area contributed by atoms with E-state index in [0.29, 0.717) is 5.92 Å². The number of benzene rings is 1. The smallest absolute Gasteiger partial charge is 0.198 e. The molecule has 0 spiro atoms. The Bertz CT molecular complexity index is 614. The third-order valence-electron chi connectivity index (χ3n) is 4.30. The summed E-state index contributed by atoms with van der Waals surface area (Å²) < 4.78 is 1.98. The number of likely N-dealkylation sites (tertiary alicyclic amines) is 1. The first-order valence-electron chi connectivity index (χ1n) is 8.90. The van der Waals surface area contributed by atoms with Crippen LogP contribution in [0.1, 0.15) is 26.2 Å². The fourth-order valence-corrected chi connectivity index (χ4v) is 3.00. The molecule has 1 fully saturated rings. The van der Waals surface area contributed by atoms with Crippen molar-refractivity contribution in [2.24, 2.45) is 10.9 Å². The van der Waals surface area contributed by atoms with E-state index in [-0.39, 0.29) is 0 Å². The third kappa shape index (κ3) is 4.85. The van der Waals surface area contributed by atoms with Crippen LogP contribution in [0.3, 0.4) is 0 Å². The van der Waals surface area contributed by atoms with Gasteiger partial charge >= 0.3 is 0 Å². The van der Waals surface area contributed by atoms with Gasteiger partial charge in [-0.1, -0.05) is 25.1 Å². The van der Waals surface area contributed by atoms with Gasteiger partial charge in [0.1, 0.15) is 0 Å². The second kappa shape index (κ2) is 8.52. The van der Waals surface area contributed by atoms with Gasteiger partial charge in [0.2, 0.25) is 0 Å². The minimum Gasteiger partial charge on any atom is -0.343 e. The lowest BCUT2D eigenvalue weighted by atomic mass is 10.1. The molecule has 1 atom stereocenters. The number of aliphatic imine (C=N–C) groups is 1. The highest BCUT2D eigenvalue weighted by molar-refractivity contribution is 5.93. The Labute approximate surface area is 144 Å². The predicted octanol–water partition coefficient (Wildman–Crippen LogP) is 3.47. The van der Waals surface area contributed by atoms with Crippen LogP contribution in [0.25, 0.3) is 0 Å². The van der Waals surface area contributed by atoms with E-state index in [0.717, 1.165) is 37.8 Å². The molecule has 1 saturated heterocycles. The van der Waals surface area contributed by atoms with Crippen LogP contribution in [0.4, 0.5) is 5.69 Å². The minimum atomic E-state index is 0.447. The van der Waals surface area contributed by atoms with Gasteiger partial charge in [-0.15, -0.1) is 0 Å². The molecule has 1 aliphatic heterocycles. The zero-order valence-electron chi connectivity index (χ0n) is 14.4. The Kier molecular flexibility index (Phi) is 5.88. The first-order valence-corrected chi connectivity index (χ1v) is 8.90. The van der Waals surface area contributed by atoms with E-state index in [1.54, 1.807) is 0 Å². The van der Waals surface area contributed by atoms with Gasteiger partial charge in [0.25, 0.3) is 0 Å². The highest BCUT2D eigenvalue weighted by Gasteiger charge is 2.15. The number of rotatable bonds is 5. The third-order valence-corrected chi connectivity index (χ3v) is 4.30. The van der Waals surface area contributed by atoms with Gasteiger partial charge in [0.15, 0.2) is 5.96 Å². The van der Waals surface area contributed by atoms with Crippen molar-refractivity contribution in [3.63, 3.8) is 0 Å². The summed E-state index contributed by atoms with van der Waals surface area (Å²) in [5, 5.41) is 7.80. The number of hydrogen-bond acceptors (Lipinski definition) is 2. The zero-order chi connectivity index (χ0) is 16.6. The average Bonchev–Trinajstić information content (AvgIpc) is 3.13. The SMILES string of the molecule is CC(CN=C(Nc1ccccc1)N1CCCCC1)Cn1cccn1. The fraction of sp³-hybridized carbons (Fsp3) is 0.474. The maximum Gasteiger partial charge on any atom is 0.198 e. The summed E-state index contributed by atoms with van der Waals surface area (Å²) in [5.74, 6) is 1.45. The highest BCUT2D eigenvalue weighted by atomic mass is 15.3. The van der Waals surface area contributed by atoms with Crippen LogP contribution in [0.15, 0.2) is 53.8 Å². The van der Waals surface area contributed by atoms with Crippen LogP contribution in [0.2, 0.25) is 0 Å². The number of piperidine rings is 1. The van der Waals surface area contributed by atoms with Crippen molar-refractivity contribution in [3.8, 4) is 0 Å². The molecule has 1 aliphatic rings. The summed E-state index contributed by atoms with van der Waals surface area (Å²) in [4.78, 5) is 7.30. The number of anilines is 1. The first-order chi connectivity index (χ1) is 11.8. The van der Waals surface area contributed by atoms with Crippen LogP contribution in [-0.2, 0) is 6.54 Å². The van der Waals surface area contributed by atoms with Gasteiger partial charge in [0.05, 0.1) is 0 Å². The molecule has 0 saturated carbocycles. The highest BCUT2D eigenvalue weighted by Crippen LogP contribution is 2.13. The molecule has 128 valence electrons. The average molecular weight is 325 g/mol. The molecule has 1 aromatic heterocycles. The van der Waals surface area contributed by atoms with Gasteiger partial charge in [-0.2, -0.15) is 5.10 Å². The van der Waals surface area contributed by atoms with Crippen molar-refractivity contribution < 1.29 is 0 Å². The quantitative estimate of drug-likeness (QED) is 0.676. The molecule has 1 unspecified atom stereocenters. The standard InChI is InChI=1S/C19H27N5/c1-17(16-24-14-8-11-21-24)15-20-19(23-12-6-3-7-13-23)22-18-9-4-2-5-10-18/h2,4-5,8-11,14,17H,3,6-7,12-13,15-16H2,1H3,(H,20,22). The lowest BCUT2D eigenvalue weighted by Gasteiger charge is -2.30. The first kappa shape index (κ1) is 16.6. The van der Waals surface area contributed by atoms with Crippen molar-refractivity contribution >= 4 is 11.6 Å². The number of para-hydroxylation sites is 1. The van der Waals surface area contributed by atoms with Gasteiger partial charge in [-0.3, -0.25) is 9.67 Å². The molecule has 2 heterocycles. The van der Waals surface area contributed by atoms with Gasteiger partial charge in [0, 0.05) is 44.3 Å². The Balaban J connectivity index is 1.65. The van der Waals surface area contributed by atoms with E-state index in [2.05, 4.69) is 46.5 Å². The van der Waals surface area contributed by atoms with E-state index < -0.39 is 0 Å². The summed E-state index contributed by atoms with van der Waals surface area (Å²) in [7, 11) is 0. The number of hydrogen-bond donors (Lipinski definition) is 1. The number of nitrogens with zero attached hydrogens (tertiary/aromatic N) is 4. The molecule has 2 aromatic rings. The van der Waals surface area contributed by atoms with Crippen LogP contribution < -0.4 is 5.32 Å². The summed E-state index contributed by atoms with van der Waals surface area (Å²) in [6, 6.07) is 12.3. The number of guanidine groups is 1. The molecular formula is C19H27N5. The second-order valence-electron chi connectivity index (χ2n) is 6.54. The fourth-order valence-electron chi connectivity index (χ4n) is 3.00. The van der Waals surface area contributed by atoms with Crippen molar-refractivity contribution in [3.05, 3.63) is 48.8 Å². The molecule has 0 radical (unpaired) electrons. The van der Waals surface area contributed by atoms with Crippen LogP contribution in [0, 0.1) is 5.92 Å². The van der Waals surface area contributed by atoms with Crippen LogP contribution in [0.5, 0.6) is 0 Å². The van der Waals surface area contributed by atoms with Crippen molar-refractivity contribution in [2.45, 2.75) is 32.7 Å². The van der Waals surface area contributed by atoms with E-state index >= 15 is 0 Å². The summed E-state index contributed by atoms with van der Waals surface area (Å²) in [6.07, 6.45) is 7.65. The van der Waals surface area contributed by atoms with E-state index in [1.807, 2.05) is 29.2 Å². The van der Waals surface area contributed by atoms with Crippen LogP contribution in [-0.4, -0.2) is 40.3 Å². The molecule has 5 nitrogen and oxygen atoms in total. The Morgan fingerprint density at radius 1 is 1.17 bits per heavy atom. The molecule has 0 amide bonds. The largest absolute Gasteiger partial charge is 0.343 e. The molecule has 0 aliphatic carbocycles. The summed E-state index contributed by atoms with van der Waals surface area (Å²) in [5.41, 5.74) is 1.10. The Morgan fingerprint density at radius 2 is 1.96 bits per heavy atom. The summed E-state index contributed by atoms with van der Waals surface area (Å²) in [6.45, 7) is 6.10. The molecule has 5 heteroatoms. The molecule has 24 heavy (non-hydrogen) atoms. The molecular weight excluding hydrogens is 298 g/mol. The van der Waals surface area contributed by atoms with Crippen molar-refractivity contribution in [1.29, 1.82) is 0 Å². The van der Waals surface area contributed by atoms with Crippen molar-refractivity contribution in [1.82, 2.24) is 14.7 Å². The molecule has 1 aromatic carbocycles. The van der Waals surface area contributed by atoms with Crippen molar-refractivity contribution in [2.75, 3.05) is 25.0 Å². The van der Waals surface area contributed by atoms with Gasteiger partial charge in [-0.25, -0.2) is 0 Å². The Morgan fingerprint density at radius 3 is 2.67 bits per heavy atom. The summed E-state index contributed by atoms with van der Waals surface area (Å²) >= 11 is 0. The molecule has 1 N–H and O–H groups in total. The molecule has 0 bridgehead atoms. The second-order valence-corrected chi connectivity index (χ2v) is 6.54. The maximum absolute atomic E-state index is 4.91. The van der Waals surface area contributed by atoms with Gasteiger partial charge < -0.3 is 10.2 Å². The van der Waals surface area contributed by atoms with E-state index in [4.69, 9.17) is 4.99 Å². The Hall–Kier alpha value is -2.30. The number of aromatic nitrogens is 2. The monoisotopic (exact) mass is 325 g/mol. The lowest BCUT2D eigenvalue weighted by molar-refractivity contribution is 0.339. The maximum atomic E-state index is 4.91. The molecule has 3 rings (SSSR count). The minimum absolute atomic E-state index is 0.447. The van der Waals surface area contributed by atoms with E-state index in [9.17, 15) is 0 Å². The van der Waals surface area contributed by atoms with Crippen LogP contribution >= 0.6 is 0 Å².